The summed E-state index contributed by atoms with van der Waals surface area (Å²) in [6, 6.07) is 17.5. The van der Waals surface area contributed by atoms with Crippen molar-refractivity contribution in [1.29, 1.82) is 0 Å². The predicted molar refractivity (Wildman–Crippen MR) is 180 cm³/mol. The molecule has 1 amide bonds. The highest BCUT2D eigenvalue weighted by molar-refractivity contribution is 5.87. The van der Waals surface area contributed by atoms with Gasteiger partial charge >= 0.3 is 0 Å². The van der Waals surface area contributed by atoms with Crippen molar-refractivity contribution in [2.45, 2.75) is 111 Å². The SMILES string of the molecule is CC(C)c1ccc(C(C(=O)NC[C@H]2CC[C@H]3[C@@H]4CC[C@H]5C(C)[N+](=O)C=C[C@]5(C)[C@H]4CC[C@]23C)c2ccc(C(C)C)cc2)cc1. The van der Waals surface area contributed by atoms with Crippen LogP contribution in [0.3, 0.4) is 0 Å². The standard InChI is InChI=1S/C40H54N2O2/c1-25(2)28-8-12-30(13-9-28)37(31-14-10-29(11-15-31)26(3)4)38(43)41-24-32-16-18-35-33-17-19-34-27(5)42(44)23-22-40(34,7)36(33)20-21-39(32,35)6/h8-15,22-23,25-27,32-37H,16-21,24H2,1-7H3/p+1/t27?,32-,33+,34+,35+,36+,39-,40+/m1/s1. The van der Waals surface area contributed by atoms with E-state index in [1.54, 1.807) is 0 Å². The molecule has 3 saturated carbocycles. The van der Waals surface area contributed by atoms with E-state index in [1.807, 2.05) is 6.20 Å². The Hall–Kier alpha value is -2.75. The van der Waals surface area contributed by atoms with Gasteiger partial charge in [0.15, 0.2) is 0 Å². The molecule has 2 aromatic carbocycles. The van der Waals surface area contributed by atoms with Crippen LogP contribution in [0.15, 0.2) is 60.8 Å². The van der Waals surface area contributed by atoms with Crippen LogP contribution in [-0.4, -0.2) is 23.3 Å². The molecule has 4 aliphatic rings. The fourth-order valence-corrected chi connectivity index (χ4v) is 10.4. The van der Waals surface area contributed by atoms with E-state index >= 15 is 0 Å². The van der Waals surface area contributed by atoms with Gasteiger partial charge in [-0.25, -0.2) is 0 Å². The van der Waals surface area contributed by atoms with Gasteiger partial charge in [-0.1, -0.05) is 90.1 Å². The van der Waals surface area contributed by atoms with Crippen LogP contribution in [0.5, 0.6) is 0 Å². The first kappa shape index (κ1) is 31.2. The van der Waals surface area contributed by atoms with Crippen LogP contribution < -0.4 is 5.32 Å². The quantitative estimate of drug-likeness (QED) is 0.324. The number of carbonyl (C=O) groups is 1. The van der Waals surface area contributed by atoms with Gasteiger partial charge in [-0.2, -0.15) is 0 Å². The fraction of sp³-hybridized carbons (Fsp3) is 0.625. The molecule has 4 heteroatoms. The molecule has 3 fully saturated rings. The van der Waals surface area contributed by atoms with E-state index in [4.69, 9.17) is 0 Å². The zero-order valence-corrected chi connectivity index (χ0v) is 28.2. The van der Waals surface area contributed by atoms with Gasteiger partial charge in [-0.05, 0) is 108 Å². The number of amides is 1. The first-order chi connectivity index (χ1) is 20.9. The molecule has 1 unspecified atom stereocenters. The highest BCUT2D eigenvalue weighted by atomic mass is 16.3. The number of benzene rings is 2. The van der Waals surface area contributed by atoms with E-state index in [0.29, 0.717) is 35.5 Å². The van der Waals surface area contributed by atoms with Gasteiger partial charge in [0, 0.05) is 34.5 Å². The lowest BCUT2D eigenvalue weighted by Crippen LogP contribution is -2.55. The molecule has 6 rings (SSSR count). The Morgan fingerprint density at radius 2 is 1.34 bits per heavy atom. The van der Waals surface area contributed by atoms with Crippen molar-refractivity contribution >= 4 is 5.91 Å². The maximum Gasteiger partial charge on any atom is 0.232 e. The number of rotatable bonds is 7. The van der Waals surface area contributed by atoms with E-state index in [1.165, 1.54) is 48.0 Å². The summed E-state index contributed by atoms with van der Waals surface area (Å²) < 4.78 is 1.19. The number of nitroso groups, excluding NO2 is 1. The smallest absolute Gasteiger partial charge is 0.232 e. The third kappa shape index (κ3) is 5.28. The van der Waals surface area contributed by atoms with Gasteiger partial charge < -0.3 is 5.32 Å². The molecule has 4 nitrogen and oxygen atoms in total. The molecule has 2 aromatic rings. The monoisotopic (exact) mass is 595 g/mol. The van der Waals surface area contributed by atoms with Crippen LogP contribution in [0, 0.1) is 45.3 Å². The fourth-order valence-electron chi connectivity index (χ4n) is 10.4. The van der Waals surface area contributed by atoms with Crippen molar-refractivity contribution < 1.29 is 9.55 Å². The molecule has 0 aromatic heterocycles. The largest absolute Gasteiger partial charge is 0.355 e. The number of hydrogen-bond acceptors (Lipinski definition) is 2. The van der Waals surface area contributed by atoms with Crippen LogP contribution >= 0.6 is 0 Å². The first-order valence-corrected chi connectivity index (χ1v) is 17.6. The third-order valence-electron chi connectivity index (χ3n) is 13.3. The zero-order valence-electron chi connectivity index (χ0n) is 28.2. The predicted octanol–water partition coefficient (Wildman–Crippen LogP) is 9.35. The van der Waals surface area contributed by atoms with Gasteiger partial charge in [-0.3, -0.25) is 4.79 Å². The molecule has 0 radical (unpaired) electrons. The van der Waals surface area contributed by atoms with E-state index in [0.717, 1.165) is 30.0 Å². The van der Waals surface area contributed by atoms with Gasteiger partial charge in [0.05, 0.1) is 5.92 Å². The van der Waals surface area contributed by atoms with Gasteiger partial charge in [-0.15, -0.1) is 0 Å². The van der Waals surface area contributed by atoms with Crippen molar-refractivity contribution in [3.05, 3.63) is 88.0 Å². The Labute approximate surface area is 266 Å². The summed E-state index contributed by atoms with van der Waals surface area (Å²) in [5, 5.41) is 3.50. The van der Waals surface area contributed by atoms with Crippen molar-refractivity contribution in [1.82, 2.24) is 5.32 Å². The second-order valence-corrected chi connectivity index (χ2v) is 16.0. The molecular weight excluding hydrogens is 540 g/mol. The molecule has 236 valence electrons. The lowest BCUT2D eigenvalue weighted by molar-refractivity contribution is -0.540. The summed E-state index contributed by atoms with van der Waals surface area (Å²) in [6.07, 6.45) is 11.4. The maximum absolute atomic E-state index is 14.1. The third-order valence-corrected chi connectivity index (χ3v) is 13.3. The average Bonchev–Trinajstić information content (AvgIpc) is 3.35. The Morgan fingerprint density at radius 3 is 1.91 bits per heavy atom. The summed E-state index contributed by atoms with van der Waals surface area (Å²) >= 11 is 0. The van der Waals surface area contributed by atoms with E-state index in [2.05, 4.69) is 108 Å². The average molecular weight is 596 g/mol. The van der Waals surface area contributed by atoms with E-state index < -0.39 is 0 Å². The molecule has 44 heavy (non-hydrogen) atoms. The molecule has 1 aliphatic heterocycles. The number of hydrogen-bond donors (Lipinski definition) is 1. The lowest BCUT2D eigenvalue weighted by atomic mass is 9.46. The number of fused-ring (bicyclic) bond motifs is 5. The molecule has 0 spiro atoms. The van der Waals surface area contributed by atoms with Gasteiger partial charge in [0.25, 0.3) is 0 Å². The first-order valence-electron chi connectivity index (χ1n) is 17.6. The van der Waals surface area contributed by atoms with Crippen LogP contribution in [0.1, 0.15) is 127 Å². The van der Waals surface area contributed by atoms with Crippen molar-refractivity contribution in [3.63, 3.8) is 0 Å². The lowest BCUT2D eigenvalue weighted by Gasteiger charge is -2.58. The molecule has 1 N–H and O–H groups in total. The van der Waals surface area contributed by atoms with E-state index in [-0.39, 0.29) is 28.7 Å². The van der Waals surface area contributed by atoms with Gasteiger partial charge in [0.2, 0.25) is 18.1 Å². The second-order valence-electron chi connectivity index (χ2n) is 16.0. The highest BCUT2D eigenvalue weighted by Gasteiger charge is 2.61. The Morgan fingerprint density at radius 1 is 0.795 bits per heavy atom. The van der Waals surface area contributed by atoms with Crippen molar-refractivity contribution in [2.75, 3.05) is 6.54 Å². The van der Waals surface area contributed by atoms with Crippen LogP contribution in [0.2, 0.25) is 0 Å². The zero-order chi connectivity index (χ0) is 31.4. The minimum absolute atomic E-state index is 0.0712. The minimum atomic E-state index is -0.311. The normalized spacial score (nSPS) is 34.6. The van der Waals surface area contributed by atoms with Crippen molar-refractivity contribution in [3.8, 4) is 0 Å². The summed E-state index contributed by atoms with van der Waals surface area (Å²) in [4.78, 5) is 26.6. The van der Waals surface area contributed by atoms with E-state index in [9.17, 15) is 9.70 Å². The second kappa shape index (κ2) is 11.9. The number of carbonyl (C=O) groups excluding carboxylic acids is 1. The molecular formula is C40H55N2O2+. The molecule has 8 atom stereocenters. The number of allylic oxidation sites excluding steroid dienone is 1. The van der Waals surface area contributed by atoms with Crippen LogP contribution in [0.4, 0.5) is 0 Å². The Bertz CT molecular complexity index is 1340. The van der Waals surface area contributed by atoms with Crippen LogP contribution in [0.25, 0.3) is 0 Å². The van der Waals surface area contributed by atoms with Crippen molar-refractivity contribution in [2.24, 2.45) is 40.4 Å². The summed E-state index contributed by atoms with van der Waals surface area (Å²) in [5.74, 6) is 3.78. The van der Waals surface area contributed by atoms with Gasteiger partial charge in [0.1, 0.15) is 0 Å². The highest BCUT2D eigenvalue weighted by Crippen LogP contribution is 2.66. The minimum Gasteiger partial charge on any atom is -0.355 e. The Balaban J connectivity index is 1.19. The molecule has 0 saturated heterocycles. The summed E-state index contributed by atoms with van der Waals surface area (Å²) in [6.45, 7) is 16.7. The molecule has 0 bridgehead atoms. The molecule has 3 aliphatic carbocycles. The number of nitrogens with zero attached hydrogens (tertiary/aromatic N) is 1. The Kier molecular flexibility index (Phi) is 8.43. The van der Waals surface area contributed by atoms with Crippen LogP contribution in [-0.2, 0) is 4.79 Å². The summed E-state index contributed by atoms with van der Waals surface area (Å²) in [5.41, 5.74) is 5.12. The number of nitrogens with one attached hydrogen (secondary N) is 1. The topological polar surface area (TPSA) is 49.2 Å². The maximum atomic E-state index is 14.1. The summed E-state index contributed by atoms with van der Waals surface area (Å²) in [7, 11) is 0. The molecule has 1 heterocycles.